The molecule has 0 fully saturated rings. The van der Waals surface area contributed by atoms with Crippen molar-refractivity contribution in [2.75, 3.05) is 13.3 Å². The first-order valence-corrected chi connectivity index (χ1v) is 9.50. The minimum Gasteiger partial charge on any atom is -0.454 e. The van der Waals surface area contributed by atoms with Crippen LogP contribution in [-0.2, 0) is 12.8 Å². The number of hydrogen-bond acceptors (Lipinski definition) is 4. The van der Waals surface area contributed by atoms with E-state index in [1.807, 2.05) is 6.07 Å². The maximum absolute atomic E-state index is 6.28. The minimum atomic E-state index is 0.274. The molecule has 2 aliphatic rings. The van der Waals surface area contributed by atoms with Gasteiger partial charge in [-0.25, -0.2) is 0 Å². The molecule has 0 aliphatic carbocycles. The molecule has 136 valence electrons. The second-order valence-corrected chi connectivity index (χ2v) is 7.32. The Morgan fingerprint density at radius 2 is 1.89 bits per heavy atom. The molecule has 0 radical (unpaired) electrons. The number of ether oxygens (including phenoxy) is 2. The second-order valence-electron chi connectivity index (χ2n) is 6.92. The highest BCUT2D eigenvalue weighted by molar-refractivity contribution is 6.33. The fraction of sp³-hybridized carbons (Fsp3) is 0.227. The van der Waals surface area contributed by atoms with Gasteiger partial charge in [0.05, 0.1) is 5.02 Å². The Morgan fingerprint density at radius 3 is 2.70 bits per heavy atom. The van der Waals surface area contributed by atoms with Crippen molar-refractivity contribution < 1.29 is 9.47 Å². The molecule has 5 rings (SSSR count). The van der Waals surface area contributed by atoms with Crippen LogP contribution < -0.4 is 14.8 Å². The summed E-state index contributed by atoms with van der Waals surface area (Å²) in [6, 6.07) is 14.9. The van der Waals surface area contributed by atoms with Crippen LogP contribution in [0.1, 0.15) is 22.7 Å². The van der Waals surface area contributed by atoms with Crippen molar-refractivity contribution in [1.29, 1.82) is 0 Å². The number of nitrogens with zero attached hydrogens (tertiary/aromatic N) is 1. The molecular formula is C22H19ClN2O2. The summed E-state index contributed by atoms with van der Waals surface area (Å²) in [6.45, 7) is 1.29. The van der Waals surface area contributed by atoms with Crippen molar-refractivity contribution in [1.82, 2.24) is 10.3 Å². The zero-order chi connectivity index (χ0) is 18.2. The first-order valence-electron chi connectivity index (χ1n) is 9.12. The maximum Gasteiger partial charge on any atom is 0.231 e. The molecule has 2 aromatic carbocycles. The van der Waals surface area contributed by atoms with Crippen LogP contribution in [0.25, 0.3) is 11.1 Å². The summed E-state index contributed by atoms with van der Waals surface area (Å²) in [5.41, 5.74) is 5.98. The molecule has 2 aliphatic heterocycles. The number of hydrogen-bond donors (Lipinski definition) is 1. The lowest BCUT2D eigenvalue weighted by Crippen LogP contribution is -2.31. The summed E-state index contributed by atoms with van der Waals surface area (Å²) in [4.78, 5) is 4.17. The van der Waals surface area contributed by atoms with E-state index in [-0.39, 0.29) is 6.04 Å². The molecule has 0 saturated heterocycles. The third-order valence-corrected chi connectivity index (χ3v) is 5.60. The molecule has 3 heterocycles. The molecular weight excluding hydrogens is 360 g/mol. The Labute approximate surface area is 163 Å². The lowest BCUT2D eigenvalue weighted by Gasteiger charge is -2.27. The number of rotatable bonds is 3. The monoisotopic (exact) mass is 378 g/mol. The van der Waals surface area contributed by atoms with Gasteiger partial charge in [-0.05, 0) is 59.8 Å². The minimum absolute atomic E-state index is 0.274. The predicted molar refractivity (Wildman–Crippen MR) is 105 cm³/mol. The van der Waals surface area contributed by atoms with Crippen molar-refractivity contribution in [2.45, 2.75) is 18.9 Å². The van der Waals surface area contributed by atoms with Crippen molar-refractivity contribution >= 4 is 11.6 Å². The van der Waals surface area contributed by atoms with E-state index in [1.54, 1.807) is 12.4 Å². The quantitative estimate of drug-likeness (QED) is 0.725. The Balaban J connectivity index is 1.40. The van der Waals surface area contributed by atoms with Gasteiger partial charge >= 0.3 is 0 Å². The SMILES string of the molecule is Clc1ccncc1-c1ccc(CC2NCCc3cc4c(cc32)OCO4)cc1. The zero-order valence-electron chi connectivity index (χ0n) is 14.7. The molecule has 1 atom stereocenters. The summed E-state index contributed by atoms with van der Waals surface area (Å²) >= 11 is 6.28. The van der Waals surface area contributed by atoms with Crippen molar-refractivity contribution in [3.63, 3.8) is 0 Å². The molecule has 1 unspecified atom stereocenters. The number of pyridine rings is 1. The van der Waals surface area contributed by atoms with E-state index in [4.69, 9.17) is 21.1 Å². The second kappa shape index (κ2) is 6.87. The molecule has 1 N–H and O–H groups in total. The van der Waals surface area contributed by atoms with Crippen LogP contribution in [-0.4, -0.2) is 18.3 Å². The Kier molecular flexibility index (Phi) is 4.23. The van der Waals surface area contributed by atoms with Gasteiger partial charge in [-0.2, -0.15) is 0 Å². The average molecular weight is 379 g/mol. The van der Waals surface area contributed by atoms with E-state index in [1.165, 1.54) is 16.7 Å². The van der Waals surface area contributed by atoms with Crippen LogP contribution in [0.15, 0.2) is 54.9 Å². The first-order chi connectivity index (χ1) is 13.3. The van der Waals surface area contributed by atoms with E-state index < -0.39 is 0 Å². The first kappa shape index (κ1) is 16.6. The van der Waals surface area contributed by atoms with Gasteiger partial charge in [0.2, 0.25) is 6.79 Å². The summed E-state index contributed by atoms with van der Waals surface area (Å²) < 4.78 is 11.1. The van der Waals surface area contributed by atoms with Gasteiger partial charge in [0.1, 0.15) is 0 Å². The molecule has 4 nitrogen and oxygen atoms in total. The Hall–Kier alpha value is -2.56. The molecule has 0 spiro atoms. The molecule has 5 heteroatoms. The van der Waals surface area contributed by atoms with Crippen LogP contribution in [0, 0.1) is 0 Å². The van der Waals surface area contributed by atoms with E-state index in [0.717, 1.165) is 47.0 Å². The predicted octanol–water partition coefficient (Wildman–Crippen LogP) is 4.56. The third kappa shape index (κ3) is 3.15. The van der Waals surface area contributed by atoms with Crippen LogP contribution in [0.4, 0.5) is 0 Å². The zero-order valence-corrected chi connectivity index (χ0v) is 15.5. The van der Waals surface area contributed by atoms with Crippen LogP contribution in [0.5, 0.6) is 11.5 Å². The van der Waals surface area contributed by atoms with Gasteiger partial charge in [-0.15, -0.1) is 0 Å². The number of fused-ring (bicyclic) bond motifs is 2. The van der Waals surface area contributed by atoms with Gasteiger partial charge in [0.25, 0.3) is 0 Å². The van der Waals surface area contributed by atoms with Crippen LogP contribution >= 0.6 is 11.6 Å². The molecule has 1 aromatic heterocycles. The van der Waals surface area contributed by atoms with Gasteiger partial charge in [-0.3, -0.25) is 4.98 Å². The third-order valence-electron chi connectivity index (χ3n) is 5.27. The molecule has 0 bridgehead atoms. The van der Waals surface area contributed by atoms with Crippen LogP contribution in [0.2, 0.25) is 5.02 Å². The summed E-state index contributed by atoms with van der Waals surface area (Å²) in [5.74, 6) is 1.72. The lowest BCUT2D eigenvalue weighted by molar-refractivity contribution is 0.174. The van der Waals surface area contributed by atoms with E-state index >= 15 is 0 Å². The fourth-order valence-corrected chi connectivity index (χ4v) is 4.07. The van der Waals surface area contributed by atoms with Crippen molar-refractivity contribution in [2.24, 2.45) is 0 Å². The fourth-order valence-electron chi connectivity index (χ4n) is 3.86. The highest BCUT2D eigenvalue weighted by Gasteiger charge is 2.25. The lowest BCUT2D eigenvalue weighted by atomic mass is 9.89. The highest BCUT2D eigenvalue weighted by Crippen LogP contribution is 2.39. The van der Waals surface area contributed by atoms with Crippen molar-refractivity contribution in [3.05, 3.63) is 76.6 Å². The van der Waals surface area contributed by atoms with Crippen LogP contribution in [0.3, 0.4) is 0 Å². The molecule has 0 saturated carbocycles. The molecule has 27 heavy (non-hydrogen) atoms. The Morgan fingerprint density at radius 1 is 1.07 bits per heavy atom. The molecule has 3 aromatic rings. The van der Waals surface area contributed by atoms with Gasteiger partial charge < -0.3 is 14.8 Å². The molecule has 0 amide bonds. The summed E-state index contributed by atoms with van der Waals surface area (Å²) in [6.07, 6.45) is 5.45. The highest BCUT2D eigenvalue weighted by atomic mass is 35.5. The Bertz CT molecular complexity index is 988. The topological polar surface area (TPSA) is 43.4 Å². The van der Waals surface area contributed by atoms with Gasteiger partial charge in [-0.1, -0.05) is 35.9 Å². The van der Waals surface area contributed by atoms with E-state index in [0.29, 0.717) is 6.79 Å². The number of aromatic nitrogens is 1. The number of nitrogens with one attached hydrogen (secondary N) is 1. The van der Waals surface area contributed by atoms with Gasteiger partial charge in [0.15, 0.2) is 11.5 Å². The smallest absolute Gasteiger partial charge is 0.231 e. The summed E-state index contributed by atoms with van der Waals surface area (Å²) in [7, 11) is 0. The largest absolute Gasteiger partial charge is 0.454 e. The summed E-state index contributed by atoms with van der Waals surface area (Å²) in [5, 5.41) is 4.36. The van der Waals surface area contributed by atoms with Gasteiger partial charge in [0, 0.05) is 24.0 Å². The maximum atomic E-state index is 6.28. The normalized spacial score (nSPS) is 17.6. The number of halogens is 1. The van der Waals surface area contributed by atoms with E-state index in [9.17, 15) is 0 Å². The van der Waals surface area contributed by atoms with E-state index in [2.05, 4.69) is 46.7 Å². The number of benzene rings is 2. The standard InChI is InChI=1S/C22H19ClN2O2/c23-19-6-7-24-12-18(19)15-3-1-14(2-4-15)9-20-17-11-22-21(26-13-27-22)10-16(17)5-8-25-20/h1-4,6-7,10-12,20,25H,5,8-9,13H2. The van der Waals surface area contributed by atoms with Crippen molar-refractivity contribution in [3.8, 4) is 22.6 Å². The average Bonchev–Trinajstić information content (AvgIpc) is 3.15.